The third kappa shape index (κ3) is 26.5. The van der Waals surface area contributed by atoms with Gasteiger partial charge in [0, 0.05) is 11.1 Å². The molecule has 0 saturated heterocycles. The molecule has 0 aliphatic carbocycles. The zero-order chi connectivity index (χ0) is 48.6. The molecule has 0 atom stereocenters. The minimum Gasteiger partial charge on any atom is -0.492 e. The van der Waals surface area contributed by atoms with Gasteiger partial charge in [0.15, 0.2) is 11.5 Å². The van der Waals surface area contributed by atoms with Gasteiger partial charge in [-0.05, 0) is 205 Å². The first-order chi connectivity index (χ1) is 31.1. The molecule has 0 aliphatic rings. The summed E-state index contributed by atoms with van der Waals surface area (Å²) in [7, 11) is 6.58. The lowest BCUT2D eigenvalue weighted by atomic mass is 9.99. The van der Waals surface area contributed by atoms with Crippen molar-refractivity contribution in [1.82, 2.24) is 0 Å². The number of ether oxygens (including phenoxy) is 4. The van der Waals surface area contributed by atoms with Gasteiger partial charge < -0.3 is 18.9 Å². The molecule has 0 spiro atoms. The van der Waals surface area contributed by atoms with Crippen molar-refractivity contribution in [3.8, 4) is 23.0 Å². The summed E-state index contributed by atoms with van der Waals surface area (Å²) in [6, 6.07) is 0. The zero-order valence-electron chi connectivity index (χ0n) is 44.8. The van der Waals surface area contributed by atoms with Crippen LogP contribution in [0.1, 0.15) is 203 Å². The maximum Gasteiger partial charge on any atom is 0.207 e. The van der Waals surface area contributed by atoms with Gasteiger partial charge in [-0.3, -0.25) is 0 Å². The molecule has 1 aromatic carbocycles. The Balaban J connectivity index is 2.36. The van der Waals surface area contributed by atoms with Gasteiger partial charge in [-0.1, -0.05) is 116 Å². The molecule has 0 heterocycles. The molecule has 0 aliphatic heterocycles. The van der Waals surface area contributed by atoms with Crippen molar-refractivity contribution in [1.29, 1.82) is 0 Å². The molecule has 4 nitrogen and oxygen atoms in total. The van der Waals surface area contributed by atoms with Crippen LogP contribution in [0.3, 0.4) is 0 Å². The fourth-order valence-electron chi connectivity index (χ4n) is 8.05. The van der Waals surface area contributed by atoms with Crippen LogP contribution in [0.15, 0.2) is 116 Å². The Labute approximate surface area is 401 Å². The lowest BCUT2D eigenvalue weighted by Crippen LogP contribution is -2.04. The fraction of sp³-hybridized carbons (Fsp3) is 0.574. The maximum absolute atomic E-state index is 5.78. The van der Waals surface area contributed by atoms with Gasteiger partial charge in [-0.2, -0.15) is 0 Å². The normalized spacial score (nSPS) is 14.0. The first-order valence-corrected chi connectivity index (χ1v) is 25.0. The largest absolute Gasteiger partial charge is 0.492 e. The van der Waals surface area contributed by atoms with E-state index < -0.39 is 0 Å². The highest BCUT2D eigenvalue weighted by Crippen LogP contribution is 2.49. The molecular weight excluding hydrogens is 797 g/mol. The van der Waals surface area contributed by atoms with Gasteiger partial charge in [-0.15, -0.1) is 0 Å². The molecule has 65 heavy (non-hydrogen) atoms. The van der Waals surface area contributed by atoms with Crippen LogP contribution >= 0.6 is 0 Å². The first kappa shape index (κ1) is 58.8. The predicted octanol–water partition coefficient (Wildman–Crippen LogP) is 19.1. The number of benzene rings is 1. The summed E-state index contributed by atoms with van der Waals surface area (Å²) in [6.45, 7) is 27.0. The van der Waals surface area contributed by atoms with E-state index in [1.807, 2.05) is 6.92 Å². The molecule has 0 bridgehead atoms. The van der Waals surface area contributed by atoms with Gasteiger partial charge >= 0.3 is 0 Å². The van der Waals surface area contributed by atoms with E-state index in [1.165, 1.54) is 87.8 Å². The second kappa shape index (κ2) is 35.1. The molecule has 0 fully saturated rings. The highest BCUT2D eigenvalue weighted by molar-refractivity contribution is 5.67. The lowest BCUT2D eigenvalue weighted by molar-refractivity contribution is 0.302. The van der Waals surface area contributed by atoms with E-state index in [0.29, 0.717) is 23.0 Å². The van der Waals surface area contributed by atoms with Crippen molar-refractivity contribution in [3.05, 3.63) is 128 Å². The van der Waals surface area contributed by atoms with Crippen LogP contribution in [0.2, 0.25) is 0 Å². The number of rotatable bonds is 33. The van der Waals surface area contributed by atoms with Crippen molar-refractivity contribution in [2.45, 2.75) is 205 Å². The summed E-state index contributed by atoms with van der Waals surface area (Å²) in [5.74, 6) is 2.51. The average molecular weight is 893 g/mol. The lowest BCUT2D eigenvalue weighted by Gasteiger charge is -2.21. The molecular formula is C61H96O4. The second-order valence-electron chi connectivity index (χ2n) is 19.0. The van der Waals surface area contributed by atoms with Gasteiger partial charge in [0.25, 0.3) is 0 Å². The Hall–Kier alpha value is -4.18. The van der Waals surface area contributed by atoms with Crippen molar-refractivity contribution in [2.24, 2.45) is 0 Å². The minimum atomic E-state index is 0.561. The van der Waals surface area contributed by atoms with E-state index >= 15 is 0 Å². The van der Waals surface area contributed by atoms with Crippen LogP contribution in [-0.4, -0.2) is 28.4 Å². The smallest absolute Gasteiger partial charge is 0.207 e. The Morgan fingerprint density at radius 2 is 0.508 bits per heavy atom. The summed E-state index contributed by atoms with van der Waals surface area (Å²) in [6.07, 6.45) is 45.5. The Bertz CT molecular complexity index is 1880. The summed E-state index contributed by atoms with van der Waals surface area (Å²) < 4.78 is 22.7. The number of methoxy groups -OCH3 is 4. The van der Waals surface area contributed by atoms with Crippen LogP contribution in [-0.2, 0) is 6.42 Å². The summed E-state index contributed by atoms with van der Waals surface area (Å²) in [5, 5.41) is 0. The van der Waals surface area contributed by atoms with Crippen molar-refractivity contribution >= 4 is 0 Å². The number of allylic oxidation sites excluding steroid dienone is 20. The molecule has 1 aromatic rings. The van der Waals surface area contributed by atoms with Crippen LogP contribution in [0.4, 0.5) is 0 Å². The molecule has 364 valence electrons. The fourth-order valence-corrected chi connectivity index (χ4v) is 8.05. The van der Waals surface area contributed by atoms with Crippen molar-refractivity contribution in [2.75, 3.05) is 28.4 Å². The molecule has 0 saturated carbocycles. The quantitative estimate of drug-likeness (QED) is 0.0659. The monoisotopic (exact) mass is 893 g/mol. The van der Waals surface area contributed by atoms with E-state index in [1.54, 1.807) is 28.4 Å². The maximum atomic E-state index is 5.78. The Morgan fingerprint density at radius 1 is 0.292 bits per heavy atom. The third-order valence-electron chi connectivity index (χ3n) is 12.5. The van der Waals surface area contributed by atoms with Crippen molar-refractivity contribution in [3.63, 3.8) is 0 Å². The molecule has 0 radical (unpaired) electrons. The van der Waals surface area contributed by atoms with Gasteiger partial charge in [-0.25, -0.2) is 0 Å². The van der Waals surface area contributed by atoms with E-state index in [4.69, 9.17) is 18.9 Å². The molecule has 0 unspecified atom stereocenters. The topological polar surface area (TPSA) is 36.9 Å². The van der Waals surface area contributed by atoms with Gasteiger partial charge in [0.05, 0.1) is 28.4 Å². The summed E-state index contributed by atoms with van der Waals surface area (Å²) >= 11 is 0. The SMILES string of the molecule is COc1c(C)c(C/C=C(\C)CC/C=C(\C)CC/C=C(\C)CC/C=C(\C)CC/C=C(\C)CC/C=C(/C)CC/C=C(\C)CC/C=C(\C)CC/C=C(\C)CCC=C(C)C)c(OC)c(OC)c1OC. The summed E-state index contributed by atoms with van der Waals surface area (Å²) in [5.41, 5.74) is 16.9. The predicted molar refractivity (Wildman–Crippen MR) is 287 cm³/mol. The molecule has 4 heteroatoms. The highest BCUT2D eigenvalue weighted by atomic mass is 16.5. The third-order valence-corrected chi connectivity index (χ3v) is 12.5. The Kier molecular flexibility index (Phi) is 31.7. The standard InChI is InChI=1S/C61H96O4/c1-46(2)26-17-27-47(3)28-18-29-48(4)30-19-31-49(5)32-20-33-50(6)34-21-35-51(7)36-22-37-52(8)38-23-39-53(9)40-24-41-54(10)42-25-43-55(11)44-45-57-56(12)58(62-13)60(64-15)61(65-16)59(57)63-14/h26,28,30,32,34,36,38,40,42,44H,17-25,27,29,31,33,35,37,39,41,43,45H2,1-16H3/b47-28+,48-30+,49-32+,50-34-,51-36+,52-38+,53-40+,54-42+,55-44+. The van der Waals surface area contributed by atoms with Crippen LogP contribution < -0.4 is 18.9 Å². The van der Waals surface area contributed by atoms with Crippen LogP contribution in [0.5, 0.6) is 23.0 Å². The van der Waals surface area contributed by atoms with E-state index in [2.05, 4.69) is 137 Å². The zero-order valence-corrected chi connectivity index (χ0v) is 44.8. The van der Waals surface area contributed by atoms with E-state index in [9.17, 15) is 0 Å². The van der Waals surface area contributed by atoms with Gasteiger partial charge in [0.1, 0.15) is 0 Å². The number of hydrogen-bond acceptors (Lipinski definition) is 4. The molecule has 0 N–H and O–H groups in total. The molecule has 1 rings (SSSR count). The average Bonchev–Trinajstić information content (AvgIpc) is 3.25. The first-order valence-electron chi connectivity index (χ1n) is 25.0. The molecule has 0 aromatic heterocycles. The molecule has 0 amide bonds. The summed E-state index contributed by atoms with van der Waals surface area (Å²) in [4.78, 5) is 0. The van der Waals surface area contributed by atoms with Crippen molar-refractivity contribution < 1.29 is 18.9 Å². The van der Waals surface area contributed by atoms with E-state index in [-0.39, 0.29) is 0 Å². The van der Waals surface area contributed by atoms with Crippen LogP contribution in [0, 0.1) is 6.92 Å². The minimum absolute atomic E-state index is 0.561. The number of hydrogen-bond donors (Lipinski definition) is 0. The highest BCUT2D eigenvalue weighted by Gasteiger charge is 2.24. The Morgan fingerprint density at radius 3 is 0.738 bits per heavy atom. The van der Waals surface area contributed by atoms with Gasteiger partial charge in [0.2, 0.25) is 11.5 Å². The second-order valence-corrected chi connectivity index (χ2v) is 19.0. The van der Waals surface area contributed by atoms with E-state index in [0.717, 1.165) is 101 Å². The van der Waals surface area contributed by atoms with Crippen LogP contribution in [0.25, 0.3) is 0 Å².